The van der Waals surface area contributed by atoms with Crippen LogP contribution in [0, 0.1) is 11.8 Å². The van der Waals surface area contributed by atoms with Crippen molar-refractivity contribution in [1.29, 1.82) is 0 Å². The summed E-state index contributed by atoms with van der Waals surface area (Å²) in [6, 6.07) is -0.0929. The van der Waals surface area contributed by atoms with Gasteiger partial charge in [0.25, 0.3) is 0 Å². The van der Waals surface area contributed by atoms with Crippen molar-refractivity contribution in [2.45, 2.75) is 58.3 Å². The molecule has 0 aromatic carbocycles. The lowest BCUT2D eigenvalue weighted by Crippen LogP contribution is -2.49. The van der Waals surface area contributed by atoms with Crippen LogP contribution < -0.4 is 5.73 Å². The van der Waals surface area contributed by atoms with E-state index in [9.17, 15) is 9.59 Å². The van der Waals surface area contributed by atoms with Crippen LogP contribution in [0.4, 0.5) is 0 Å². The van der Waals surface area contributed by atoms with E-state index in [1.54, 1.807) is 21.1 Å². The molecule has 6 heteroatoms. The minimum Gasteiger partial charge on any atom is -0.381 e. The Labute approximate surface area is 133 Å². The fourth-order valence-electron chi connectivity index (χ4n) is 3.18. The fourth-order valence-corrected chi connectivity index (χ4v) is 3.18. The molecular formula is C16H30N2O4. The van der Waals surface area contributed by atoms with Crippen LogP contribution in [0.5, 0.6) is 0 Å². The number of rotatable bonds is 8. The van der Waals surface area contributed by atoms with Crippen LogP contribution in [0.25, 0.3) is 0 Å². The first-order valence-corrected chi connectivity index (χ1v) is 7.97. The smallest absolute Gasteiger partial charge is 0.225 e. The van der Waals surface area contributed by atoms with Crippen molar-refractivity contribution in [1.82, 2.24) is 4.90 Å². The second kappa shape index (κ2) is 8.48. The van der Waals surface area contributed by atoms with Crippen LogP contribution in [0.1, 0.15) is 40.0 Å². The van der Waals surface area contributed by atoms with Crippen LogP contribution in [-0.4, -0.2) is 55.7 Å². The normalized spacial score (nSPS) is 22.6. The maximum Gasteiger partial charge on any atom is 0.225 e. The van der Waals surface area contributed by atoms with Gasteiger partial charge in [-0.3, -0.25) is 9.59 Å². The van der Waals surface area contributed by atoms with E-state index in [1.807, 2.05) is 18.7 Å². The summed E-state index contributed by atoms with van der Waals surface area (Å²) in [4.78, 5) is 25.9. The zero-order chi connectivity index (χ0) is 16.9. The summed E-state index contributed by atoms with van der Waals surface area (Å²) in [6.07, 6.45) is 1.65. The number of carbonyl (C=O) groups excluding carboxylic acids is 2. The topological polar surface area (TPSA) is 81.9 Å². The number of primary amides is 1. The molecule has 0 bridgehead atoms. The Kier molecular flexibility index (Phi) is 7.29. The predicted octanol–water partition coefficient (Wildman–Crippen LogP) is 1.17. The zero-order valence-corrected chi connectivity index (χ0v) is 14.4. The SMILES string of the molecule is COC(CC(=O)N1CCC[C@H]1C(OC)C(C)C(N)=O)C(C)C. The lowest BCUT2D eigenvalue weighted by molar-refractivity contribution is -0.141. The molecular weight excluding hydrogens is 284 g/mol. The maximum atomic E-state index is 12.6. The monoisotopic (exact) mass is 314 g/mol. The first-order chi connectivity index (χ1) is 10.3. The number of amides is 2. The number of hydrogen-bond acceptors (Lipinski definition) is 4. The van der Waals surface area contributed by atoms with Gasteiger partial charge < -0.3 is 20.1 Å². The molecule has 2 N–H and O–H groups in total. The van der Waals surface area contributed by atoms with Crippen molar-refractivity contribution in [3.63, 3.8) is 0 Å². The van der Waals surface area contributed by atoms with Crippen LogP contribution in [-0.2, 0) is 19.1 Å². The van der Waals surface area contributed by atoms with Crippen molar-refractivity contribution in [2.24, 2.45) is 17.6 Å². The number of likely N-dealkylation sites (tertiary alicyclic amines) is 1. The number of ether oxygens (including phenoxy) is 2. The van der Waals surface area contributed by atoms with Gasteiger partial charge in [0.05, 0.1) is 30.6 Å². The van der Waals surface area contributed by atoms with E-state index in [1.165, 1.54) is 0 Å². The maximum absolute atomic E-state index is 12.6. The second-order valence-electron chi connectivity index (χ2n) is 6.41. The van der Waals surface area contributed by atoms with Gasteiger partial charge in [-0.25, -0.2) is 0 Å². The van der Waals surface area contributed by atoms with E-state index in [4.69, 9.17) is 15.2 Å². The van der Waals surface area contributed by atoms with E-state index in [2.05, 4.69) is 0 Å². The molecule has 1 fully saturated rings. The third-order valence-electron chi connectivity index (χ3n) is 4.63. The summed E-state index contributed by atoms with van der Waals surface area (Å²) in [7, 11) is 3.20. The van der Waals surface area contributed by atoms with Gasteiger partial charge in [0.15, 0.2) is 0 Å². The Hall–Kier alpha value is -1.14. The van der Waals surface area contributed by atoms with Crippen molar-refractivity contribution < 1.29 is 19.1 Å². The Morgan fingerprint density at radius 3 is 2.32 bits per heavy atom. The van der Waals surface area contributed by atoms with Crippen molar-refractivity contribution in [3.8, 4) is 0 Å². The highest BCUT2D eigenvalue weighted by atomic mass is 16.5. The van der Waals surface area contributed by atoms with Crippen molar-refractivity contribution in [2.75, 3.05) is 20.8 Å². The number of methoxy groups -OCH3 is 2. The average molecular weight is 314 g/mol. The van der Waals surface area contributed by atoms with Crippen molar-refractivity contribution in [3.05, 3.63) is 0 Å². The molecule has 22 heavy (non-hydrogen) atoms. The van der Waals surface area contributed by atoms with Gasteiger partial charge in [-0.05, 0) is 18.8 Å². The highest BCUT2D eigenvalue weighted by Gasteiger charge is 2.39. The van der Waals surface area contributed by atoms with E-state index < -0.39 is 11.8 Å². The van der Waals surface area contributed by atoms with E-state index in [0.717, 1.165) is 12.8 Å². The fraction of sp³-hybridized carbons (Fsp3) is 0.875. The summed E-state index contributed by atoms with van der Waals surface area (Å²) in [5.74, 6) is -0.491. The summed E-state index contributed by atoms with van der Waals surface area (Å²) in [5.41, 5.74) is 5.40. The molecule has 1 heterocycles. The lowest BCUT2D eigenvalue weighted by Gasteiger charge is -2.34. The molecule has 1 aliphatic rings. The third-order valence-corrected chi connectivity index (χ3v) is 4.63. The van der Waals surface area contributed by atoms with Gasteiger partial charge >= 0.3 is 0 Å². The molecule has 1 rings (SSSR count). The number of carbonyl (C=O) groups is 2. The Morgan fingerprint density at radius 2 is 1.86 bits per heavy atom. The average Bonchev–Trinajstić information content (AvgIpc) is 2.94. The highest BCUT2D eigenvalue weighted by Crippen LogP contribution is 2.27. The molecule has 0 aromatic rings. The molecule has 128 valence electrons. The largest absolute Gasteiger partial charge is 0.381 e. The summed E-state index contributed by atoms with van der Waals surface area (Å²) >= 11 is 0. The summed E-state index contributed by atoms with van der Waals surface area (Å²) < 4.78 is 10.9. The van der Waals surface area contributed by atoms with Crippen LogP contribution >= 0.6 is 0 Å². The Bertz CT molecular complexity index is 386. The highest BCUT2D eigenvalue weighted by molar-refractivity contribution is 5.79. The predicted molar refractivity (Wildman–Crippen MR) is 84.1 cm³/mol. The molecule has 0 aliphatic carbocycles. The molecule has 4 atom stereocenters. The molecule has 0 radical (unpaired) electrons. The van der Waals surface area contributed by atoms with Gasteiger partial charge in [-0.15, -0.1) is 0 Å². The number of hydrogen-bond donors (Lipinski definition) is 1. The van der Waals surface area contributed by atoms with Crippen LogP contribution in [0.2, 0.25) is 0 Å². The standard InChI is InChI=1S/C16H30N2O4/c1-10(2)13(21-4)9-14(19)18-8-6-7-12(18)15(22-5)11(3)16(17)20/h10-13,15H,6-9H2,1-5H3,(H2,17,20)/t11?,12-,13?,15?/m0/s1. The van der Waals surface area contributed by atoms with E-state index in [-0.39, 0.29) is 30.1 Å². The molecule has 1 aliphatic heterocycles. The summed E-state index contributed by atoms with van der Waals surface area (Å²) in [5, 5.41) is 0. The van der Waals surface area contributed by atoms with Crippen molar-refractivity contribution >= 4 is 11.8 Å². The number of nitrogens with zero attached hydrogens (tertiary/aromatic N) is 1. The quantitative estimate of drug-likeness (QED) is 0.729. The van der Waals surface area contributed by atoms with Crippen LogP contribution in [0.3, 0.4) is 0 Å². The zero-order valence-electron chi connectivity index (χ0n) is 14.4. The molecule has 3 unspecified atom stereocenters. The Morgan fingerprint density at radius 1 is 1.23 bits per heavy atom. The molecule has 1 saturated heterocycles. The molecule has 0 aromatic heterocycles. The van der Waals surface area contributed by atoms with Gasteiger partial charge in [-0.1, -0.05) is 20.8 Å². The number of nitrogens with two attached hydrogens (primary N) is 1. The molecule has 0 saturated carbocycles. The molecule has 6 nitrogen and oxygen atoms in total. The minimum absolute atomic E-state index is 0.0572. The molecule has 2 amide bonds. The van der Waals surface area contributed by atoms with Gasteiger partial charge in [0, 0.05) is 20.8 Å². The van der Waals surface area contributed by atoms with Gasteiger partial charge in [0.2, 0.25) is 11.8 Å². The summed E-state index contributed by atoms with van der Waals surface area (Å²) in [6.45, 7) is 6.53. The van der Waals surface area contributed by atoms with Gasteiger partial charge in [0.1, 0.15) is 0 Å². The van der Waals surface area contributed by atoms with E-state index in [0.29, 0.717) is 13.0 Å². The molecule has 0 spiro atoms. The lowest BCUT2D eigenvalue weighted by atomic mass is 9.94. The first-order valence-electron chi connectivity index (χ1n) is 7.97. The van der Waals surface area contributed by atoms with Gasteiger partial charge in [-0.2, -0.15) is 0 Å². The van der Waals surface area contributed by atoms with Crippen LogP contribution in [0.15, 0.2) is 0 Å². The van der Waals surface area contributed by atoms with E-state index >= 15 is 0 Å². The second-order valence-corrected chi connectivity index (χ2v) is 6.41. The third kappa shape index (κ3) is 4.43. The first kappa shape index (κ1) is 18.9. The minimum atomic E-state index is -0.424. The Balaban J connectivity index is 2.80.